The molecule has 6 aromatic rings. The van der Waals surface area contributed by atoms with Crippen molar-refractivity contribution in [2.24, 2.45) is 5.73 Å². The summed E-state index contributed by atoms with van der Waals surface area (Å²) in [5, 5.41) is 34.9. The Balaban J connectivity index is 0.000000217. The molecule has 0 saturated carbocycles. The maximum absolute atomic E-state index is 12.0. The van der Waals surface area contributed by atoms with Gasteiger partial charge in [-0.05, 0) is 36.4 Å². The molecule has 1 aromatic heterocycles. The Hall–Kier alpha value is -6.84. The maximum Gasteiger partial charge on any atom is 0.338 e. The summed E-state index contributed by atoms with van der Waals surface area (Å²) in [6, 6.07) is 29.2. The number of methoxy groups -OCH3 is 2. The fourth-order valence-electron chi connectivity index (χ4n) is 5.41. The third-order valence-corrected chi connectivity index (χ3v) is 9.00. The normalized spacial score (nSPS) is 10.4. The van der Waals surface area contributed by atoms with Gasteiger partial charge in [-0.1, -0.05) is 72.9 Å². The summed E-state index contributed by atoms with van der Waals surface area (Å²) in [6.45, 7) is 0. The van der Waals surface area contributed by atoms with Gasteiger partial charge in [0.25, 0.3) is 11.4 Å². The molecule has 0 amide bonds. The number of nitro benzene ring substituents is 2. The number of aromatic carboxylic acids is 1. The van der Waals surface area contributed by atoms with Crippen molar-refractivity contribution in [3.8, 4) is 49.8 Å². The molecule has 0 unspecified atom stereocenters. The van der Waals surface area contributed by atoms with E-state index in [2.05, 4.69) is 4.98 Å². The summed E-state index contributed by atoms with van der Waals surface area (Å²) < 4.78 is 10.1. The second-order valence-electron chi connectivity index (χ2n) is 11.0. The van der Waals surface area contributed by atoms with Gasteiger partial charge in [-0.25, -0.2) is 14.6 Å². The zero-order valence-corrected chi connectivity index (χ0v) is 29.6. The summed E-state index contributed by atoms with van der Waals surface area (Å²) in [5.74, 6) is -1.10. The molecule has 0 aliphatic carbocycles. The van der Waals surface area contributed by atoms with Crippen molar-refractivity contribution in [1.29, 1.82) is 0 Å². The van der Waals surface area contributed by atoms with Gasteiger partial charge in [-0.3, -0.25) is 20.2 Å². The Kier molecular flexibility index (Phi) is 11.6. The van der Waals surface area contributed by atoms with Gasteiger partial charge < -0.3 is 20.3 Å². The number of nitrogens with two attached hydrogens (primary N) is 1. The number of benzene rings is 5. The number of thiocarbonyl (C=S) groups is 1. The molecule has 15 heteroatoms. The SMILES string of the molecule is COC(=O)c1cc(C(N)=S)ccc1-c1ccccc1[N+](=O)[O-].COc1ccccc1-c1csc(-c2ccc(-c3ccccc3[N+](=O)[O-])c(C(=O)O)c2)n1. The molecule has 0 fully saturated rings. The third-order valence-electron chi connectivity index (χ3n) is 7.88. The molecule has 13 nitrogen and oxygen atoms in total. The van der Waals surface area contributed by atoms with Crippen molar-refractivity contribution in [2.75, 3.05) is 14.2 Å². The second kappa shape index (κ2) is 16.5. The topological polar surface area (TPSA) is 198 Å². The minimum atomic E-state index is -1.17. The molecule has 3 N–H and O–H groups in total. The Morgan fingerprint density at radius 3 is 1.85 bits per heavy atom. The van der Waals surface area contributed by atoms with Gasteiger partial charge in [0, 0.05) is 45.3 Å². The molecule has 53 heavy (non-hydrogen) atoms. The van der Waals surface area contributed by atoms with E-state index >= 15 is 0 Å². The van der Waals surface area contributed by atoms with Crippen molar-refractivity contribution in [3.05, 3.63) is 151 Å². The van der Waals surface area contributed by atoms with Gasteiger partial charge in [0.1, 0.15) is 15.7 Å². The first-order valence-electron chi connectivity index (χ1n) is 15.4. The van der Waals surface area contributed by atoms with E-state index in [1.54, 1.807) is 67.8 Å². The highest BCUT2D eigenvalue weighted by Crippen LogP contribution is 2.38. The van der Waals surface area contributed by atoms with Crippen LogP contribution in [0, 0.1) is 20.2 Å². The number of carboxylic acids is 1. The predicted molar refractivity (Wildman–Crippen MR) is 204 cm³/mol. The van der Waals surface area contributed by atoms with Crippen molar-refractivity contribution in [2.45, 2.75) is 0 Å². The number of carbonyl (C=O) groups excluding carboxylic acids is 1. The Morgan fingerprint density at radius 1 is 0.755 bits per heavy atom. The lowest BCUT2D eigenvalue weighted by atomic mass is 9.96. The van der Waals surface area contributed by atoms with E-state index in [-0.39, 0.29) is 38.6 Å². The van der Waals surface area contributed by atoms with E-state index < -0.39 is 21.8 Å². The number of hydrogen-bond donors (Lipinski definition) is 2. The van der Waals surface area contributed by atoms with Crippen LogP contribution in [-0.4, -0.2) is 51.1 Å². The number of nitro groups is 2. The summed E-state index contributed by atoms with van der Waals surface area (Å²) in [7, 11) is 2.83. The number of hydrogen-bond acceptors (Lipinski definition) is 11. The zero-order chi connectivity index (χ0) is 38.2. The number of thiazole rings is 1. The summed E-state index contributed by atoms with van der Waals surface area (Å²) in [4.78, 5) is 50.3. The molecule has 0 aliphatic heterocycles. The first-order valence-corrected chi connectivity index (χ1v) is 16.7. The minimum absolute atomic E-state index is 0.0270. The molecule has 0 spiro atoms. The van der Waals surface area contributed by atoms with Crippen LogP contribution in [0.1, 0.15) is 26.3 Å². The van der Waals surface area contributed by atoms with Crippen molar-refractivity contribution < 1.29 is 34.0 Å². The van der Waals surface area contributed by atoms with Crippen molar-refractivity contribution in [1.82, 2.24) is 4.98 Å². The second-order valence-corrected chi connectivity index (χ2v) is 12.3. The van der Waals surface area contributed by atoms with Crippen LogP contribution in [0.3, 0.4) is 0 Å². The molecule has 0 radical (unpaired) electrons. The number of para-hydroxylation sites is 3. The molecule has 1 heterocycles. The molecular formula is C38H28N4O9S2. The quantitative estimate of drug-likeness (QED) is 0.0587. The van der Waals surface area contributed by atoms with E-state index in [4.69, 9.17) is 27.4 Å². The first kappa shape index (κ1) is 37.4. The van der Waals surface area contributed by atoms with E-state index in [1.165, 1.54) is 42.7 Å². The summed E-state index contributed by atoms with van der Waals surface area (Å²) >= 11 is 6.27. The van der Waals surface area contributed by atoms with Crippen molar-refractivity contribution >= 4 is 51.9 Å². The molecular weight excluding hydrogens is 721 g/mol. The zero-order valence-electron chi connectivity index (χ0n) is 27.9. The van der Waals surface area contributed by atoms with E-state index in [9.17, 15) is 34.9 Å². The highest BCUT2D eigenvalue weighted by molar-refractivity contribution is 7.80. The average Bonchev–Trinajstić information content (AvgIpc) is 3.67. The average molecular weight is 749 g/mol. The van der Waals surface area contributed by atoms with E-state index in [1.807, 2.05) is 29.6 Å². The number of nitrogens with zero attached hydrogens (tertiary/aromatic N) is 3. The van der Waals surface area contributed by atoms with Crippen LogP contribution in [0.5, 0.6) is 5.75 Å². The standard InChI is InChI=1S/C23H16N2O5S.C15H12N2O4S/c1-30-21-9-5-3-7-17(21)19-13-31-22(24-19)14-10-11-15(18(12-14)23(26)27)16-6-2-4-8-20(16)25(28)29;1-21-15(18)12-8-9(14(16)22)6-7-10(12)11-4-2-3-5-13(11)17(19)20/h2-13H,1H3,(H,26,27);2-8H,1H3,(H2,16,22). The lowest BCUT2D eigenvalue weighted by Gasteiger charge is -2.10. The fourth-order valence-corrected chi connectivity index (χ4v) is 6.35. The van der Waals surface area contributed by atoms with Crippen LogP contribution in [0.15, 0.2) is 115 Å². The smallest absolute Gasteiger partial charge is 0.338 e. The van der Waals surface area contributed by atoms with Crippen LogP contribution in [0.2, 0.25) is 0 Å². The first-order chi connectivity index (χ1) is 25.4. The highest BCUT2D eigenvalue weighted by atomic mass is 32.1. The number of rotatable bonds is 10. The molecule has 266 valence electrons. The lowest BCUT2D eigenvalue weighted by molar-refractivity contribution is -0.384. The van der Waals surface area contributed by atoms with Crippen molar-refractivity contribution in [3.63, 3.8) is 0 Å². The van der Waals surface area contributed by atoms with Crippen LogP contribution in [0.25, 0.3) is 44.1 Å². The molecule has 5 aromatic carbocycles. The highest BCUT2D eigenvalue weighted by Gasteiger charge is 2.23. The number of esters is 1. The third kappa shape index (κ3) is 8.22. The number of aromatic nitrogens is 1. The van der Waals surface area contributed by atoms with Crippen LogP contribution in [-0.2, 0) is 4.74 Å². The number of ether oxygens (including phenoxy) is 2. The van der Waals surface area contributed by atoms with Gasteiger partial charge in [-0.2, -0.15) is 0 Å². The van der Waals surface area contributed by atoms with Crippen LogP contribution >= 0.6 is 23.6 Å². The lowest BCUT2D eigenvalue weighted by Crippen LogP contribution is -2.12. The Labute approximate surface area is 311 Å². The molecule has 6 rings (SSSR count). The summed E-state index contributed by atoms with van der Waals surface area (Å²) in [5.41, 5.74) is 9.36. The minimum Gasteiger partial charge on any atom is -0.496 e. The van der Waals surface area contributed by atoms with Gasteiger partial charge in [0.15, 0.2) is 0 Å². The largest absolute Gasteiger partial charge is 0.496 e. The number of carbonyl (C=O) groups is 2. The van der Waals surface area contributed by atoms with Crippen LogP contribution in [0.4, 0.5) is 11.4 Å². The Bertz CT molecular complexity index is 2390. The predicted octanol–water partition coefficient (Wildman–Crippen LogP) is 8.44. The van der Waals surface area contributed by atoms with Gasteiger partial charge in [0.05, 0.1) is 52.0 Å². The van der Waals surface area contributed by atoms with E-state index in [0.717, 1.165) is 11.3 Å². The van der Waals surface area contributed by atoms with Gasteiger partial charge in [0.2, 0.25) is 0 Å². The molecule has 0 atom stereocenters. The molecule has 0 aliphatic rings. The molecule has 0 bridgehead atoms. The number of carboxylic acid groups (broad SMARTS) is 1. The fraction of sp³-hybridized carbons (Fsp3) is 0.0526. The Morgan fingerprint density at radius 2 is 1.30 bits per heavy atom. The maximum atomic E-state index is 12.0. The van der Waals surface area contributed by atoms with Gasteiger partial charge in [-0.15, -0.1) is 11.3 Å². The van der Waals surface area contributed by atoms with E-state index in [0.29, 0.717) is 33.0 Å². The van der Waals surface area contributed by atoms with Crippen LogP contribution < -0.4 is 10.5 Å². The summed E-state index contributed by atoms with van der Waals surface area (Å²) in [6.07, 6.45) is 0. The monoisotopic (exact) mass is 748 g/mol. The van der Waals surface area contributed by atoms with Gasteiger partial charge >= 0.3 is 11.9 Å². The molecule has 0 saturated heterocycles.